The Bertz CT molecular complexity index is 929. The first-order valence-corrected chi connectivity index (χ1v) is 16.6. The summed E-state index contributed by atoms with van der Waals surface area (Å²) in [6.07, 6.45) is 6.56. The van der Waals surface area contributed by atoms with Crippen molar-refractivity contribution in [2.45, 2.75) is 66.2 Å². The molecule has 0 spiro atoms. The molecule has 4 nitrogen and oxygen atoms in total. The number of hydrogen-bond acceptors (Lipinski definition) is 3. The van der Waals surface area contributed by atoms with Gasteiger partial charge < -0.3 is 10.1 Å². The monoisotopic (exact) mass is 717 g/mol. The van der Waals surface area contributed by atoms with Crippen LogP contribution in [0.2, 0.25) is 0 Å². The summed E-state index contributed by atoms with van der Waals surface area (Å²) >= 11 is -5.23. The minimum absolute atomic E-state index is 0.141. The summed E-state index contributed by atoms with van der Waals surface area (Å²) < 4.78 is 34.8. The van der Waals surface area contributed by atoms with Crippen molar-refractivity contribution >= 4 is 17.4 Å². The molecule has 0 unspecified atom stereocenters. The number of Topliss-reactive ketones (excluding diaryl/α,β-unsaturated/α-hetero) is 1. The molecular formula is C27H36F3NO3U-. The van der Waals surface area contributed by atoms with Crippen LogP contribution in [0.4, 0.5) is 12.0 Å². The summed E-state index contributed by atoms with van der Waals surface area (Å²) in [6, 6.07) is 14.2. The van der Waals surface area contributed by atoms with Crippen molar-refractivity contribution in [3.63, 3.8) is 0 Å². The average Bonchev–Trinajstić information content (AvgIpc) is 2.84. The van der Waals surface area contributed by atoms with E-state index in [4.69, 9.17) is 4.74 Å². The summed E-state index contributed by atoms with van der Waals surface area (Å²) in [5, 5.41) is 2.98. The molecule has 0 aliphatic heterocycles. The van der Waals surface area contributed by atoms with Crippen molar-refractivity contribution in [1.29, 1.82) is 0 Å². The summed E-state index contributed by atoms with van der Waals surface area (Å²) in [5.74, 6) is 1.93. The topological polar surface area (TPSA) is 55.4 Å². The molecule has 2 aromatic carbocycles. The van der Waals surface area contributed by atoms with Crippen molar-refractivity contribution in [1.82, 2.24) is 0 Å². The zero-order chi connectivity index (χ0) is 26.4. The van der Waals surface area contributed by atoms with Gasteiger partial charge in [0.2, 0.25) is 5.91 Å². The van der Waals surface area contributed by atoms with Crippen LogP contribution in [0.15, 0.2) is 36.4 Å². The van der Waals surface area contributed by atoms with Crippen molar-refractivity contribution < 1.29 is 48.7 Å². The maximum absolute atomic E-state index is 12.2. The van der Waals surface area contributed by atoms with Crippen LogP contribution in [-0.4, -0.2) is 18.8 Å². The van der Waals surface area contributed by atoms with Gasteiger partial charge >= 0.3 is 34.4 Å². The molecule has 1 amide bonds. The van der Waals surface area contributed by atoms with Crippen molar-refractivity contribution in [3.05, 3.63) is 59.2 Å². The maximum atomic E-state index is 12.2. The van der Waals surface area contributed by atoms with E-state index in [0.717, 1.165) is 36.4 Å². The van der Waals surface area contributed by atoms with Crippen LogP contribution in [0, 0.1) is 52.9 Å². The Balaban J connectivity index is 0.000000327. The van der Waals surface area contributed by atoms with E-state index in [-0.39, 0.29) is 17.6 Å². The number of aryl methyl sites for hydroxylation is 1. The number of ether oxygens (including phenoxy) is 1. The van der Waals surface area contributed by atoms with Gasteiger partial charge in [0.1, 0.15) is 0 Å². The Hall–Kier alpha value is -1.78. The van der Waals surface area contributed by atoms with Crippen LogP contribution in [0.5, 0.6) is 5.75 Å². The van der Waals surface area contributed by atoms with E-state index >= 15 is 0 Å². The number of carbonyl (C=O) groups excluding carboxylic acids is 2. The second-order valence-electron chi connectivity index (χ2n) is 8.49. The second-order valence-corrected chi connectivity index (χ2v) is 10.3. The van der Waals surface area contributed by atoms with Crippen LogP contribution >= 0.6 is 0 Å². The Morgan fingerprint density at radius 3 is 2.23 bits per heavy atom. The number of carbonyl (C=O) groups is 2. The van der Waals surface area contributed by atoms with Crippen LogP contribution in [0.3, 0.4) is 0 Å². The number of halogens is 3. The molecule has 35 heavy (non-hydrogen) atoms. The third kappa shape index (κ3) is 11.7. The van der Waals surface area contributed by atoms with E-state index in [1.165, 1.54) is 30.4 Å². The average molecular weight is 718 g/mol. The van der Waals surface area contributed by atoms with Gasteiger partial charge in [-0.05, 0) is 63.0 Å². The van der Waals surface area contributed by atoms with E-state index in [1.54, 1.807) is 26.2 Å². The van der Waals surface area contributed by atoms with Crippen molar-refractivity contribution in [2.24, 2.45) is 11.8 Å². The first kappa shape index (κ1) is 31.3. The van der Waals surface area contributed by atoms with Crippen LogP contribution in [-0.2, 0) is 11.2 Å². The molecule has 0 atom stereocenters. The summed E-state index contributed by atoms with van der Waals surface area (Å²) in [6.45, 7) is 7.98. The predicted molar refractivity (Wildman–Crippen MR) is 130 cm³/mol. The molecule has 193 valence electrons. The molecule has 3 rings (SSSR count). The number of amides is 1. The van der Waals surface area contributed by atoms with Gasteiger partial charge in [0, 0.05) is 17.2 Å². The zero-order valence-electron chi connectivity index (χ0n) is 21.2. The van der Waals surface area contributed by atoms with Crippen molar-refractivity contribution in [3.8, 4) is 5.75 Å². The van der Waals surface area contributed by atoms with Crippen LogP contribution in [0.1, 0.15) is 74.4 Å². The Morgan fingerprint density at radius 2 is 1.74 bits per heavy atom. The molecule has 8 heteroatoms. The molecule has 0 bridgehead atoms. The quantitative estimate of drug-likeness (QED) is 0.247. The van der Waals surface area contributed by atoms with Gasteiger partial charge in [0.25, 0.3) is 0 Å². The van der Waals surface area contributed by atoms with Gasteiger partial charge in [0.05, 0.1) is 7.11 Å². The molecule has 0 heterocycles. The van der Waals surface area contributed by atoms with E-state index < -0.39 is 28.1 Å². The fourth-order valence-electron chi connectivity index (χ4n) is 4.22. The van der Waals surface area contributed by atoms with Crippen LogP contribution < -0.4 is 10.1 Å². The Kier molecular flexibility index (Phi) is 15.0. The molecule has 0 saturated heterocycles. The number of hydrogen-bond donors (Lipinski definition) is 1. The van der Waals surface area contributed by atoms with E-state index in [1.807, 2.05) is 31.2 Å². The van der Waals surface area contributed by atoms with E-state index in [0.29, 0.717) is 5.75 Å². The van der Waals surface area contributed by atoms with Crippen molar-refractivity contribution in [2.75, 3.05) is 12.4 Å². The number of benzene rings is 2. The van der Waals surface area contributed by atoms with Crippen LogP contribution in [0.25, 0.3) is 0 Å². The third-order valence-electron chi connectivity index (χ3n) is 6.20. The van der Waals surface area contributed by atoms with E-state index in [9.17, 15) is 15.9 Å². The number of methoxy groups -OCH3 is 1. The number of ketones is 1. The molecule has 1 N–H and O–H groups in total. The first-order chi connectivity index (χ1) is 16.6. The number of anilines is 1. The zero-order valence-corrected chi connectivity index (χ0v) is 25.4. The van der Waals surface area contributed by atoms with Gasteiger partial charge in [-0.1, -0.05) is 44.2 Å². The Morgan fingerprint density at radius 1 is 1.11 bits per heavy atom. The molecular weight excluding hydrogens is 681 g/mol. The van der Waals surface area contributed by atoms with Gasteiger partial charge in [-0.15, -0.1) is 18.2 Å². The SMILES string of the molecule is CCC1CCC(C(=O)Nc2cc[c-]c(OC)c2)CC1.CCc1c(C)cccc1C(C)=O.[F][U]([F])[F]. The molecule has 1 saturated carbocycles. The Labute approximate surface area is 220 Å². The standard InChI is InChI=1S/C16H22NO2.C11H14O.3FH.U/c1-3-12-7-9-13(10-8-12)16(18)17-14-5-4-6-15(11-14)19-2;1-4-10-8(2)6-5-7-11(10)9(3)12;;;;/h4-5,11-13H,3,7-10H2,1-2H3,(H,17,18);5-7H,4H2,1-3H3;3*1H;/q-1;;;;;+3/p-3. The third-order valence-corrected chi connectivity index (χ3v) is 6.20. The van der Waals surface area contributed by atoms with Gasteiger partial charge in [0.15, 0.2) is 5.78 Å². The molecule has 1 aliphatic rings. The summed E-state index contributed by atoms with van der Waals surface area (Å²) in [5.41, 5.74) is 4.06. The number of rotatable bonds is 6. The molecule has 1 aliphatic carbocycles. The normalized spacial score (nSPS) is 16.6. The molecule has 1 fully saturated rings. The van der Waals surface area contributed by atoms with Gasteiger partial charge in [-0.3, -0.25) is 9.59 Å². The number of nitrogens with one attached hydrogen (secondary N) is 1. The predicted octanol–water partition coefficient (Wildman–Crippen LogP) is 7.67. The molecule has 0 aromatic heterocycles. The fourth-order valence-corrected chi connectivity index (χ4v) is 4.22. The van der Waals surface area contributed by atoms with Gasteiger partial charge in [-0.25, -0.2) is 0 Å². The minimum atomic E-state index is -5.23. The summed E-state index contributed by atoms with van der Waals surface area (Å²) in [4.78, 5) is 23.4. The molecule has 0 radical (unpaired) electrons. The van der Waals surface area contributed by atoms with Gasteiger partial charge in [-0.2, -0.15) is 6.07 Å². The first-order valence-electron chi connectivity index (χ1n) is 11.9. The fraction of sp³-hybridized carbons (Fsp3) is 0.481. The van der Waals surface area contributed by atoms with E-state index in [2.05, 4.69) is 25.2 Å². The summed E-state index contributed by atoms with van der Waals surface area (Å²) in [7, 11) is 1.60. The second kappa shape index (κ2) is 16.8. The molecule has 2 aromatic rings.